The largest absolute Gasteiger partial charge is 0.499 e. The molecule has 0 atom stereocenters. The van der Waals surface area contributed by atoms with Gasteiger partial charge in [0, 0.05) is 17.7 Å². The highest BCUT2D eigenvalue weighted by Crippen LogP contribution is 2.37. The second kappa shape index (κ2) is 10.4. The van der Waals surface area contributed by atoms with Crippen LogP contribution < -0.4 is 10.5 Å². The van der Waals surface area contributed by atoms with Gasteiger partial charge in [-0.2, -0.15) is 22.0 Å². The van der Waals surface area contributed by atoms with E-state index in [9.17, 15) is 26.7 Å². The zero-order chi connectivity index (χ0) is 24.8. The molecule has 3 aromatic rings. The lowest BCUT2D eigenvalue weighted by atomic mass is 10.2. The summed E-state index contributed by atoms with van der Waals surface area (Å²) in [7, 11) is 0. The fraction of sp³-hybridized carbons (Fsp3) is 0.318. The van der Waals surface area contributed by atoms with E-state index in [2.05, 4.69) is 14.8 Å². The van der Waals surface area contributed by atoms with Gasteiger partial charge in [-0.15, -0.1) is 5.10 Å². The highest BCUT2D eigenvalue weighted by Gasteiger charge is 2.61. The van der Waals surface area contributed by atoms with Crippen molar-refractivity contribution in [3.63, 3.8) is 0 Å². The average Bonchev–Trinajstić information content (AvgIpc) is 3.10. The third kappa shape index (κ3) is 6.99. The molecule has 0 aliphatic carbocycles. The van der Waals surface area contributed by atoms with E-state index in [1.807, 2.05) is 6.92 Å². The number of rotatable bonds is 6. The number of Topliss-reactive ketones (excluding diaryl/α,β-unsaturated/α-hetero) is 1. The van der Waals surface area contributed by atoms with E-state index >= 15 is 0 Å². The number of benzene rings is 2. The zero-order valence-electron chi connectivity index (χ0n) is 18.2. The molecule has 0 fully saturated rings. The minimum atomic E-state index is -5.80. The fourth-order valence-electron chi connectivity index (χ4n) is 2.60. The summed E-state index contributed by atoms with van der Waals surface area (Å²) in [5, 5.41) is 4.32. The van der Waals surface area contributed by atoms with Crippen LogP contribution in [-0.2, 0) is 4.79 Å². The standard InChI is InChI=1S/C17H13F5N4O.C5H10O/c1-10-24-15(11-2-4-12(23)5-3-11)25-26(10)13-6-8-14(9-7-13)27-17(21,22)16(18,19)20;1-3-4-5(2)6/h2-9H,23H2,1H3;3-4H2,1-2H3. The van der Waals surface area contributed by atoms with Crippen molar-refractivity contribution in [1.29, 1.82) is 0 Å². The van der Waals surface area contributed by atoms with E-state index in [0.29, 0.717) is 23.0 Å². The summed E-state index contributed by atoms with van der Waals surface area (Å²) in [6.45, 7) is 5.29. The number of hydrogen-bond acceptors (Lipinski definition) is 5. The quantitative estimate of drug-likeness (QED) is 0.367. The first-order chi connectivity index (χ1) is 15.3. The number of halogens is 5. The topological polar surface area (TPSA) is 83.0 Å². The highest BCUT2D eigenvalue weighted by molar-refractivity contribution is 5.75. The van der Waals surface area contributed by atoms with E-state index in [1.165, 1.54) is 16.8 Å². The number of hydrogen-bond donors (Lipinski definition) is 1. The van der Waals surface area contributed by atoms with Crippen LogP contribution in [0, 0.1) is 6.92 Å². The second-order valence-electron chi connectivity index (χ2n) is 7.08. The van der Waals surface area contributed by atoms with E-state index < -0.39 is 18.0 Å². The zero-order valence-corrected chi connectivity index (χ0v) is 18.2. The predicted molar refractivity (Wildman–Crippen MR) is 113 cm³/mol. The molecule has 0 aliphatic rings. The number of anilines is 1. The number of aromatic nitrogens is 3. The summed E-state index contributed by atoms with van der Waals surface area (Å²) < 4.78 is 67.7. The minimum Gasteiger partial charge on any atom is -0.426 e. The maximum Gasteiger partial charge on any atom is 0.499 e. The lowest BCUT2D eigenvalue weighted by molar-refractivity contribution is -0.360. The lowest BCUT2D eigenvalue weighted by Crippen LogP contribution is -2.41. The molecule has 0 bridgehead atoms. The van der Waals surface area contributed by atoms with Crippen LogP contribution in [0.1, 0.15) is 32.5 Å². The number of carbonyl (C=O) groups is 1. The molecule has 0 unspecified atom stereocenters. The molecular formula is C22H23F5N4O2. The molecule has 11 heteroatoms. The molecule has 0 spiro atoms. The van der Waals surface area contributed by atoms with Gasteiger partial charge in [0.15, 0.2) is 5.82 Å². The van der Waals surface area contributed by atoms with Gasteiger partial charge in [-0.05, 0) is 68.8 Å². The first-order valence-corrected chi connectivity index (χ1v) is 9.87. The Bertz CT molecular complexity index is 1060. The van der Waals surface area contributed by atoms with E-state index in [0.717, 1.165) is 30.5 Å². The Morgan fingerprint density at radius 3 is 2.06 bits per heavy atom. The third-order valence-electron chi connectivity index (χ3n) is 4.20. The van der Waals surface area contributed by atoms with Gasteiger partial charge < -0.3 is 15.3 Å². The number of ketones is 1. The van der Waals surface area contributed by atoms with Crippen molar-refractivity contribution in [3.05, 3.63) is 54.4 Å². The SMILES string of the molecule is CCCC(C)=O.Cc1nc(-c2ccc(N)cc2)nn1-c1ccc(OC(F)(F)C(F)(F)F)cc1. The summed E-state index contributed by atoms with van der Waals surface area (Å²) in [5.74, 6) is 0.572. The molecular weight excluding hydrogens is 447 g/mol. The molecule has 33 heavy (non-hydrogen) atoms. The van der Waals surface area contributed by atoms with Crippen LogP contribution >= 0.6 is 0 Å². The number of ether oxygens (including phenoxy) is 1. The second-order valence-corrected chi connectivity index (χ2v) is 7.08. The molecule has 178 valence electrons. The van der Waals surface area contributed by atoms with Crippen LogP contribution in [0.15, 0.2) is 48.5 Å². The fourth-order valence-corrected chi connectivity index (χ4v) is 2.60. The number of carbonyl (C=O) groups excluding carboxylic acids is 1. The maximum absolute atomic E-state index is 12.9. The van der Waals surface area contributed by atoms with E-state index in [4.69, 9.17) is 5.73 Å². The van der Waals surface area contributed by atoms with Crippen LogP contribution in [-0.4, -0.2) is 32.8 Å². The number of nitrogen functional groups attached to an aromatic ring is 1. The first-order valence-electron chi connectivity index (χ1n) is 9.87. The molecule has 0 saturated carbocycles. The van der Waals surface area contributed by atoms with Crippen molar-refractivity contribution in [2.45, 2.75) is 45.9 Å². The molecule has 0 saturated heterocycles. The molecule has 1 aromatic heterocycles. The van der Waals surface area contributed by atoms with Crippen molar-refractivity contribution in [2.24, 2.45) is 0 Å². The normalized spacial score (nSPS) is 11.5. The van der Waals surface area contributed by atoms with Crippen LogP contribution in [0.3, 0.4) is 0 Å². The van der Waals surface area contributed by atoms with Gasteiger partial charge in [0.25, 0.3) is 0 Å². The maximum atomic E-state index is 12.9. The van der Waals surface area contributed by atoms with Gasteiger partial charge >= 0.3 is 12.3 Å². The Labute approximate surface area is 187 Å². The predicted octanol–water partition coefficient (Wildman–Crippen LogP) is 5.73. The molecule has 2 aromatic carbocycles. The number of alkyl halides is 5. The number of aryl methyl sites for hydroxylation is 1. The Balaban J connectivity index is 0.000000569. The summed E-state index contributed by atoms with van der Waals surface area (Å²) in [4.78, 5) is 14.4. The molecule has 2 N–H and O–H groups in total. The van der Waals surface area contributed by atoms with Crippen LogP contribution in [0.4, 0.5) is 27.6 Å². The van der Waals surface area contributed by atoms with Gasteiger partial charge in [-0.1, -0.05) is 6.92 Å². The molecule has 6 nitrogen and oxygen atoms in total. The van der Waals surface area contributed by atoms with Crippen molar-refractivity contribution in [3.8, 4) is 22.8 Å². The summed E-state index contributed by atoms with van der Waals surface area (Å²) in [6.07, 6.45) is -9.36. The first kappa shape index (κ1) is 25.8. The monoisotopic (exact) mass is 470 g/mol. The van der Waals surface area contributed by atoms with Gasteiger partial charge in [-0.25, -0.2) is 9.67 Å². The Kier molecular flexibility index (Phi) is 8.13. The smallest absolute Gasteiger partial charge is 0.426 e. The molecule has 0 radical (unpaired) electrons. The third-order valence-corrected chi connectivity index (χ3v) is 4.20. The van der Waals surface area contributed by atoms with Crippen LogP contribution in [0.25, 0.3) is 17.1 Å². The Morgan fingerprint density at radius 2 is 1.61 bits per heavy atom. The molecule has 0 amide bonds. The minimum absolute atomic E-state index is 0.289. The molecule has 0 aliphatic heterocycles. The van der Waals surface area contributed by atoms with E-state index in [-0.39, 0.29) is 5.78 Å². The van der Waals surface area contributed by atoms with Crippen LogP contribution in [0.5, 0.6) is 5.75 Å². The summed E-state index contributed by atoms with van der Waals surface area (Å²) >= 11 is 0. The van der Waals surface area contributed by atoms with Crippen molar-refractivity contribution >= 4 is 11.5 Å². The molecule has 3 rings (SSSR count). The number of nitrogens with zero attached hydrogens (tertiary/aromatic N) is 3. The van der Waals surface area contributed by atoms with Gasteiger partial charge in [-0.3, -0.25) is 0 Å². The van der Waals surface area contributed by atoms with Gasteiger partial charge in [0.2, 0.25) is 0 Å². The van der Waals surface area contributed by atoms with Gasteiger partial charge in [0.05, 0.1) is 5.69 Å². The van der Waals surface area contributed by atoms with Crippen molar-refractivity contribution in [2.75, 3.05) is 5.73 Å². The average molecular weight is 470 g/mol. The van der Waals surface area contributed by atoms with E-state index in [1.54, 1.807) is 38.1 Å². The summed E-state index contributed by atoms with van der Waals surface area (Å²) in [6, 6.07) is 11.5. The highest BCUT2D eigenvalue weighted by atomic mass is 19.4. The summed E-state index contributed by atoms with van der Waals surface area (Å²) in [5.41, 5.74) is 7.36. The molecule has 1 heterocycles. The Morgan fingerprint density at radius 1 is 1.03 bits per heavy atom. The Hall–Kier alpha value is -3.50. The van der Waals surface area contributed by atoms with Crippen LogP contribution in [0.2, 0.25) is 0 Å². The lowest BCUT2D eigenvalue weighted by Gasteiger charge is -2.20. The number of nitrogens with two attached hydrogens (primary N) is 1. The van der Waals surface area contributed by atoms with Gasteiger partial charge in [0.1, 0.15) is 17.4 Å². The van der Waals surface area contributed by atoms with Crippen molar-refractivity contribution in [1.82, 2.24) is 14.8 Å². The van der Waals surface area contributed by atoms with Crippen molar-refractivity contribution < 1.29 is 31.5 Å².